The molecule has 1 unspecified atom stereocenters. The molecule has 1 aliphatic carbocycles. The molecule has 1 atom stereocenters. The van der Waals surface area contributed by atoms with Gasteiger partial charge in [-0.3, -0.25) is 4.79 Å². The van der Waals surface area contributed by atoms with E-state index in [1.165, 1.54) is 7.11 Å². The Morgan fingerprint density at radius 3 is 2.52 bits per heavy atom. The Balaban J connectivity index is 1.77. The zero-order chi connectivity index (χ0) is 16.6. The maximum Gasteiger partial charge on any atom is 0.303 e. The third-order valence-electron chi connectivity index (χ3n) is 4.37. The fourth-order valence-corrected chi connectivity index (χ4v) is 4.19. The summed E-state index contributed by atoms with van der Waals surface area (Å²) < 4.78 is 33.4. The number of carboxylic acids is 1. The van der Waals surface area contributed by atoms with Gasteiger partial charge in [-0.1, -0.05) is 6.07 Å². The molecule has 1 saturated carbocycles. The lowest BCUT2D eigenvalue weighted by Gasteiger charge is -2.27. The second kappa shape index (κ2) is 6.03. The van der Waals surface area contributed by atoms with E-state index in [1.807, 2.05) is 12.1 Å². The zero-order valence-electron chi connectivity index (χ0n) is 12.9. The summed E-state index contributed by atoms with van der Waals surface area (Å²) in [5.74, 6) is 0.673. The summed E-state index contributed by atoms with van der Waals surface area (Å²) in [5.41, 5.74) is 0.931. The lowest BCUT2D eigenvalue weighted by molar-refractivity contribution is -0.137. The molecule has 1 aliphatic heterocycles. The number of hydrogen-bond donors (Lipinski definition) is 1. The maximum atomic E-state index is 11.2. The van der Waals surface area contributed by atoms with E-state index in [2.05, 4.69) is 0 Å². The van der Waals surface area contributed by atoms with E-state index in [4.69, 9.17) is 14.6 Å². The number of rotatable bonds is 7. The first-order chi connectivity index (χ1) is 10.9. The third kappa shape index (κ3) is 3.77. The lowest BCUT2D eigenvalue weighted by Crippen LogP contribution is -2.45. The fourth-order valence-electron chi connectivity index (χ4n) is 3.02. The third-order valence-corrected chi connectivity index (χ3v) is 6.13. The van der Waals surface area contributed by atoms with Crippen LogP contribution in [0.4, 0.5) is 0 Å². The Morgan fingerprint density at radius 2 is 2.00 bits per heavy atom. The van der Waals surface area contributed by atoms with Crippen LogP contribution in [-0.2, 0) is 14.6 Å². The normalized spacial score (nSPS) is 21.3. The predicted molar refractivity (Wildman–Crippen MR) is 83.8 cm³/mol. The van der Waals surface area contributed by atoms with Gasteiger partial charge in [0.2, 0.25) is 0 Å². The molecule has 1 aromatic carbocycles. The molecule has 23 heavy (non-hydrogen) atoms. The highest BCUT2D eigenvalue weighted by atomic mass is 32.2. The second-order valence-corrected chi connectivity index (χ2v) is 8.42. The first-order valence-corrected chi connectivity index (χ1v) is 9.47. The molecule has 0 bridgehead atoms. The van der Waals surface area contributed by atoms with E-state index in [1.54, 1.807) is 6.07 Å². The van der Waals surface area contributed by atoms with E-state index in [-0.39, 0.29) is 29.9 Å². The molecule has 1 N–H and O–H groups in total. The molecule has 0 radical (unpaired) electrons. The van der Waals surface area contributed by atoms with Crippen molar-refractivity contribution >= 4 is 15.8 Å². The number of benzene rings is 1. The van der Waals surface area contributed by atoms with Crippen molar-refractivity contribution in [2.24, 2.45) is 5.92 Å². The summed E-state index contributed by atoms with van der Waals surface area (Å²) in [6.45, 7) is 0. The highest BCUT2D eigenvalue weighted by Gasteiger charge is 2.36. The van der Waals surface area contributed by atoms with Crippen molar-refractivity contribution in [3.05, 3.63) is 23.8 Å². The molecule has 7 heteroatoms. The molecule has 0 spiro atoms. The molecule has 2 aliphatic rings. The Labute approximate surface area is 135 Å². The van der Waals surface area contributed by atoms with E-state index in [0.717, 1.165) is 18.4 Å². The minimum Gasteiger partial charge on any atom is -0.493 e. The Bertz CT molecular complexity index is 695. The van der Waals surface area contributed by atoms with Crippen LogP contribution in [0, 0.1) is 5.92 Å². The highest BCUT2D eigenvalue weighted by Crippen LogP contribution is 2.46. The smallest absolute Gasteiger partial charge is 0.303 e. The van der Waals surface area contributed by atoms with Crippen LogP contribution in [0.3, 0.4) is 0 Å². The minimum absolute atomic E-state index is 0.0143. The standard InChI is InChI=1S/C16H20O6S/c1-21-15-6-11(13(7-16(17)18)10-2-3-10)4-5-14(15)22-12-8-23(19,20)9-12/h4-6,10,12-13H,2-3,7-9H2,1H3,(H,17,18). The van der Waals surface area contributed by atoms with Gasteiger partial charge in [-0.15, -0.1) is 0 Å². The quantitative estimate of drug-likeness (QED) is 0.814. The van der Waals surface area contributed by atoms with E-state index in [9.17, 15) is 13.2 Å². The van der Waals surface area contributed by atoms with Gasteiger partial charge in [0, 0.05) is 0 Å². The molecule has 1 aromatic rings. The molecule has 6 nitrogen and oxygen atoms in total. The van der Waals surface area contributed by atoms with Crippen molar-refractivity contribution in [3.8, 4) is 11.5 Å². The Kier molecular flexibility index (Phi) is 4.23. The lowest BCUT2D eigenvalue weighted by atomic mass is 9.91. The number of methoxy groups -OCH3 is 1. The number of carboxylic acid groups (broad SMARTS) is 1. The maximum absolute atomic E-state index is 11.2. The number of sulfone groups is 1. The number of hydrogen-bond acceptors (Lipinski definition) is 5. The fraction of sp³-hybridized carbons (Fsp3) is 0.562. The van der Waals surface area contributed by atoms with Crippen molar-refractivity contribution in [1.29, 1.82) is 0 Å². The van der Waals surface area contributed by atoms with Crippen molar-refractivity contribution in [2.45, 2.75) is 31.3 Å². The van der Waals surface area contributed by atoms with Crippen LogP contribution in [0.15, 0.2) is 18.2 Å². The van der Waals surface area contributed by atoms with Crippen LogP contribution >= 0.6 is 0 Å². The summed E-state index contributed by atoms with van der Waals surface area (Å²) in [5, 5.41) is 9.10. The van der Waals surface area contributed by atoms with Crippen LogP contribution in [-0.4, -0.2) is 44.2 Å². The van der Waals surface area contributed by atoms with Gasteiger partial charge >= 0.3 is 5.97 Å². The van der Waals surface area contributed by atoms with Crippen LogP contribution in [0.25, 0.3) is 0 Å². The summed E-state index contributed by atoms with van der Waals surface area (Å²) in [6.07, 6.45) is 1.88. The SMILES string of the molecule is COc1cc(C(CC(=O)O)C2CC2)ccc1OC1CS(=O)(=O)C1. The van der Waals surface area contributed by atoms with Gasteiger partial charge in [0.25, 0.3) is 0 Å². The summed E-state index contributed by atoms with van der Waals surface area (Å²) in [6, 6.07) is 5.42. The van der Waals surface area contributed by atoms with Gasteiger partial charge in [-0.2, -0.15) is 0 Å². The molecule has 0 amide bonds. The molecule has 1 saturated heterocycles. The van der Waals surface area contributed by atoms with E-state index < -0.39 is 15.8 Å². The van der Waals surface area contributed by atoms with Gasteiger partial charge < -0.3 is 14.6 Å². The van der Waals surface area contributed by atoms with Crippen LogP contribution in [0.1, 0.15) is 30.7 Å². The molecule has 1 heterocycles. The zero-order valence-corrected chi connectivity index (χ0v) is 13.7. The minimum atomic E-state index is -2.94. The topological polar surface area (TPSA) is 89.9 Å². The number of aliphatic carboxylic acids is 1. The van der Waals surface area contributed by atoms with Gasteiger partial charge in [-0.25, -0.2) is 8.42 Å². The van der Waals surface area contributed by atoms with Crippen molar-refractivity contribution < 1.29 is 27.8 Å². The molecule has 3 rings (SSSR count). The summed E-state index contributed by atoms with van der Waals surface area (Å²) in [4.78, 5) is 11.1. The van der Waals surface area contributed by atoms with Crippen LogP contribution in [0.5, 0.6) is 11.5 Å². The van der Waals surface area contributed by atoms with Crippen molar-refractivity contribution in [1.82, 2.24) is 0 Å². The van der Waals surface area contributed by atoms with Crippen LogP contribution < -0.4 is 9.47 Å². The van der Waals surface area contributed by atoms with Crippen molar-refractivity contribution in [3.63, 3.8) is 0 Å². The highest BCUT2D eigenvalue weighted by molar-refractivity contribution is 7.92. The number of ether oxygens (including phenoxy) is 2. The van der Waals surface area contributed by atoms with E-state index in [0.29, 0.717) is 17.4 Å². The van der Waals surface area contributed by atoms with Crippen molar-refractivity contribution in [2.75, 3.05) is 18.6 Å². The van der Waals surface area contributed by atoms with Crippen LogP contribution in [0.2, 0.25) is 0 Å². The number of carbonyl (C=O) groups is 1. The largest absolute Gasteiger partial charge is 0.493 e. The van der Waals surface area contributed by atoms with Gasteiger partial charge in [0.15, 0.2) is 21.3 Å². The predicted octanol–water partition coefficient (Wildman–Crippen LogP) is 1.84. The molecular weight excluding hydrogens is 320 g/mol. The molecule has 0 aromatic heterocycles. The Hall–Kier alpha value is -1.76. The first-order valence-electron chi connectivity index (χ1n) is 7.65. The summed E-state index contributed by atoms with van der Waals surface area (Å²) in [7, 11) is -1.42. The second-order valence-electron chi connectivity index (χ2n) is 6.27. The monoisotopic (exact) mass is 340 g/mol. The van der Waals surface area contributed by atoms with E-state index >= 15 is 0 Å². The van der Waals surface area contributed by atoms with Gasteiger partial charge in [-0.05, 0) is 42.4 Å². The molecular formula is C16H20O6S. The average molecular weight is 340 g/mol. The molecule has 126 valence electrons. The first kappa shape index (κ1) is 16.1. The van der Waals surface area contributed by atoms with Gasteiger partial charge in [0.05, 0.1) is 25.0 Å². The molecule has 2 fully saturated rings. The summed E-state index contributed by atoms with van der Waals surface area (Å²) >= 11 is 0. The van der Waals surface area contributed by atoms with Gasteiger partial charge in [0.1, 0.15) is 6.10 Å². The Morgan fingerprint density at radius 1 is 1.30 bits per heavy atom. The average Bonchev–Trinajstić information content (AvgIpc) is 3.27.